The lowest BCUT2D eigenvalue weighted by Gasteiger charge is -2.05. The van der Waals surface area contributed by atoms with Crippen molar-refractivity contribution in [1.29, 1.82) is 0 Å². The minimum atomic E-state index is 0.812. The van der Waals surface area contributed by atoms with Gasteiger partial charge in [-0.1, -0.05) is 0 Å². The largest absolute Gasteiger partial charge is 0.370 e. The van der Waals surface area contributed by atoms with Crippen LogP contribution >= 0.6 is 0 Å². The topological polar surface area (TPSA) is 37.8 Å². The number of rotatable bonds is 2. The van der Waals surface area contributed by atoms with Gasteiger partial charge in [0.15, 0.2) is 0 Å². The number of nitrogens with zero attached hydrogens (tertiary/aromatic N) is 2. The number of nitrogens with one attached hydrogen (secondary N) is 1. The molecule has 0 aliphatic carbocycles. The van der Waals surface area contributed by atoms with Crippen molar-refractivity contribution in [2.45, 2.75) is 20.8 Å². The van der Waals surface area contributed by atoms with Crippen LogP contribution in [-0.4, -0.2) is 16.5 Å². The molecule has 0 radical (unpaired) electrons. The van der Waals surface area contributed by atoms with Gasteiger partial charge in [-0.15, -0.1) is 0 Å². The summed E-state index contributed by atoms with van der Waals surface area (Å²) in [5, 5.41) is 3.17. The fraction of sp³-hybridized carbons (Fsp3) is 0.500. The van der Waals surface area contributed by atoms with Crippen LogP contribution in [0.3, 0.4) is 0 Å². The lowest BCUT2D eigenvalue weighted by atomic mass is 10.3. The summed E-state index contributed by atoms with van der Waals surface area (Å²) in [6, 6.07) is 0. The second-order valence-electron chi connectivity index (χ2n) is 2.48. The van der Waals surface area contributed by atoms with Crippen molar-refractivity contribution in [2.24, 2.45) is 0 Å². The smallest absolute Gasteiger partial charge is 0.132 e. The van der Waals surface area contributed by atoms with Gasteiger partial charge >= 0.3 is 0 Å². The average molecular weight is 151 g/mol. The molecule has 0 bridgehead atoms. The molecule has 1 N–H and O–H groups in total. The highest BCUT2D eigenvalue weighted by Crippen LogP contribution is 2.08. The number of hydrogen-bond acceptors (Lipinski definition) is 3. The van der Waals surface area contributed by atoms with E-state index in [1.165, 1.54) is 0 Å². The van der Waals surface area contributed by atoms with Crippen LogP contribution in [0.1, 0.15) is 18.3 Å². The van der Waals surface area contributed by atoms with Crippen LogP contribution in [0.5, 0.6) is 0 Å². The molecule has 60 valence electrons. The van der Waals surface area contributed by atoms with Crippen molar-refractivity contribution in [3.63, 3.8) is 0 Å². The van der Waals surface area contributed by atoms with Gasteiger partial charge in [0, 0.05) is 18.3 Å². The molecule has 1 rings (SSSR count). The van der Waals surface area contributed by atoms with Gasteiger partial charge < -0.3 is 5.32 Å². The van der Waals surface area contributed by atoms with Gasteiger partial charge in [-0.25, -0.2) is 9.97 Å². The number of aromatic nitrogens is 2. The van der Waals surface area contributed by atoms with E-state index in [0.29, 0.717) is 0 Å². The van der Waals surface area contributed by atoms with Crippen molar-refractivity contribution in [3.8, 4) is 0 Å². The van der Waals surface area contributed by atoms with Crippen molar-refractivity contribution >= 4 is 5.82 Å². The first-order chi connectivity index (χ1) is 5.24. The minimum absolute atomic E-state index is 0.812. The molecule has 3 heteroatoms. The van der Waals surface area contributed by atoms with Crippen molar-refractivity contribution in [2.75, 3.05) is 11.9 Å². The molecular weight excluding hydrogens is 138 g/mol. The first kappa shape index (κ1) is 7.98. The number of anilines is 1. The predicted molar refractivity (Wildman–Crippen MR) is 45.7 cm³/mol. The third-order valence-corrected chi connectivity index (χ3v) is 1.44. The van der Waals surface area contributed by atoms with E-state index in [1.807, 2.05) is 20.0 Å². The van der Waals surface area contributed by atoms with E-state index in [-0.39, 0.29) is 0 Å². The van der Waals surface area contributed by atoms with Gasteiger partial charge in [-0.3, -0.25) is 0 Å². The van der Waals surface area contributed by atoms with Crippen LogP contribution in [0.15, 0.2) is 6.20 Å². The molecule has 0 aromatic carbocycles. The molecule has 0 saturated heterocycles. The third-order valence-electron chi connectivity index (χ3n) is 1.44. The Hall–Kier alpha value is -1.12. The van der Waals surface area contributed by atoms with Gasteiger partial charge in [0.2, 0.25) is 0 Å². The molecule has 0 saturated carbocycles. The fourth-order valence-electron chi connectivity index (χ4n) is 0.877. The minimum Gasteiger partial charge on any atom is -0.370 e. The fourth-order valence-corrected chi connectivity index (χ4v) is 0.877. The number of aryl methyl sites for hydroxylation is 2. The Balaban J connectivity index is 2.93. The maximum Gasteiger partial charge on any atom is 0.132 e. The molecule has 0 amide bonds. The first-order valence-corrected chi connectivity index (χ1v) is 3.78. The summed E-state index contributed by atoms with van der Waals surface area (Å²) in [5.41, 5.74) is 1.09. The van der Waals surface area contributed by atoms with Crippen LogP contribution in [-0.2, 0) is 0 Å². The van der Waals surface area contributed by atoms with Crippen molar-refractivity contribution in [1.82, 2.24) is 9.97 Å². The van der Waals surface area contributed by atoms with Crippen LogP contribution in [0.25, 0.3) is 0 Å². The molecule has 0 aliphatic heterocycles. The second-order valence-corrected chi connectivity index (χ2v) is 2.48. The highest BCUT2D eigenvalue weighted by Gasteiger charge is 1.97. The van der Waals surface area contributed by atoms with E-state index in [9.17, 15) is 0 Å². The molecule has 1 aromatic heterocycles. The van der Waals surface area contributed by atoms with Gasteiger partial charge in [0.1, 0.15) is 11.6 Å². The Bertz CT molecular complexity index is 245. The molecule has 1 heterocycles. The van der Waals surface area contributed by atoms with E-state index < -0.39 is 0 Å². The number of hydrogen-bond donors (Lipinski definition) is 1. The summed E-state index contributed by atoms with van der Waals surface area (Å²) in [6.45, 7) is 6.84. The van der Waals surface area contributed by atoms with Crippen LogP contribution in [0.2, 0.25) is 0 Å². The molecule has 1 aromatic rings. The van der Waals surface area contributed by atoms with Crippen LogP contribution in [0.4, 0.5) is 5.82 Å². The van der Waals surface area contributed by atoms with Gasteiger partial charge in [0.25, 0.3) is 0 Å². The molecule has 0 spiro atoms. The second kappa shape index (κ2) is 3.32. The Kier molecular flexibility index (Phi) is 2.41. The normalized spacial score (nSPS) is 9.73. The van der Waals surface area contributed by atoms with E-state index in [4.69, 9.17) is 0 Å². The molecule has 0 fully saturated rings. The lowest BCUT2D eigenvalue weighted by Crippen LogP contribution is -2.03. The molecular formula is C8H13N3. The maximum absolute atomic E-state index is 4.24. The summed E-state index contributed by atoms with van der Waals surface area (Å²) in [7, 11) is 0. The summed E-state index contributed by atoms with van der Waals surface area (Å²) in [6.07, 6.45) is 1.83. The third kappa shape index (κ3) is 1.90. The van der Waals surface area contributed by atoms with E-state index in [1.54, 1.807) is 0 Å². The zero-order chi connectivity index (χ0) is 8.27. The van der Waals surface area contributed by atoms with Crippen molar-refractivity contribution < 1.29 is 0 Å². The highest BCUT2D eigenvalue weighted by atomic mass is 15.0. The summed E-state index contributed by atoms with van der Waals surface area (Å²) in [5.74, 6) is 1.76. The Morgan fingerprint density at radius 2 is 2.18 bits per heavy atom. The van der Waals surface area contributed by atoms with Gasteiger partial charge in [-0.2, -0.15) is 0 Å². The Morgan fingerprint density at radius 1 is 1.45 bits per heavy atom. The monoisotopic (exact) mass is 151 g/mol. The zero-order valence-electron chi connectivity index (χ0n) is 7.18. The SMILES string of the molecule is CCNc1nc(C)ncc1C. The van der Waals surface area contributed by atoms with Gasteiger partial charge in [-0.05, 0) is 20.8 Å². The molecule has 3 nitrogen and oxygen atoms in total. The van der Waals surface area contributed by atoms with E-state index in [2.05, 4.69) is 22.2 Å². The van der Waals surface area contributed by atoms with E-state index >= 15 is 0 Å². The van der Waals surface area contributed by atoms with Crippen LogP contribution < -0.4 is 5.32 Å². The summed E-state index contributed by atoms with van der Waals surface area (Å²) in [4.78, 5) is 8.31. The van der Waals surface area contributed by atoms with Gasteiger partial charge in [0.05, 0.1) is 0 Å². The standard InChI is InChI=1S/C8H13N3/c1-4-9-8-6(2)5-10-7(3)11-8/h5H,4H2,1-3H3,(H,9,10,11). The van der Waals surface area contributed by atoms with Crippen LogP contribution in [0, 0.1) is 13.8 Å². The average Bonchev–Trinajstić information content (AvgIpc) is 1.98. The van der Waals surface area contributed by atoms with E-state index in [0.717, 1.165) is 23.8 Å². The lowest BCUT2D eigenvalue weighted by molar-refractivity contribution is 1.01. The van der Waals surface area contributed by atoms with Crippen molar-refractivity contribution in [3.05, 3.63) is 17.6 Å². The molecule has 0 atom stereocenters. The summed E-state index contributed by atoms with van der Waals surface area (Å²) < 4.78 is 0. The quantitative estimate of drug-likeness (QED) is 0.696. The predicted octanol–water partition coefficient (Wildman–Crippen LogP) is 1.53. The summed E-state index contributed by atoms with van der Waals surface area (Å²) >= 11 is 0. The molecule has 0 aliphatic rings. The maximum atomic E-state index is 4.24. The highest BCUT2D eigenvalue weighted by molar-refractivity contribution is 5.41. The Labute approximate surface area is 66.9 Å². The first-order valence-electron chi connectivity index (χ1n) is 3.78. The molecule has 11 heavy (non-hydrogen) atoms. The zero-order valence-corrected chi connectivity index (χ0v) is 7.18. The Morgan fingerprint density at radius 3 is 2.82 bits per heavy atom. The molecule has 0 unspecified atom stereocenters.